The molecule has 3 heteroatoms. The molecule has 0 spiro atoms. The molecule has 1 aromatic rings. The third-order valence-electron chi connectivity index (χ3n) is 2.83. The van der Waals surface area contributed by atoms with Gasteiger partial charge in [0.2, 0.25) is 5.91 Å². The average molecular weight is 247 g/mol. The van der Waals surface area contributed by atoms with Gasteiger partial charge >= 0.3 is 0 Å². The van der Waals surface area contributed by atoms with Gasteiger partial charge in [0.1, 0.15) is 0 Å². The fourth-order valence-electron chi connectivity index (χ4n) is 1.50. The molecule has 1 unspecified atom stereocenters. The Hall–Kier alpha value is -1.61. The summed E-state index contributed by atoms with van der Waals surface area (Å²) in [6, 6.07) is 7.74. The molecule has 0 saturated heterocycles. The van der Waals surface area contributed by atoms with Crippen molar-refractivity contribution in [2.24, 2.45) is 5.92 Å². The van der Waals surface area contributed by atoms with Crippen molar-refractivity contribution in [3.8, 4) is 0 Å². The molecule has 0 aliphatic rings. The lowest BCUT2D eigenvalue weighted by molar-refractivity contribution is -0.117. The summed E-state index contributed by atoms with van der Waals surface area (Å²) >= 11 is 0. The number of aliphatic hydroxyl groups excluding tert-OH is 1. The molecule has 3 nitrogen and oxygen atoms in total. The topological polar surface area (TPSA) is 49.3 Å². The summed E-state index contributed by atoms with van der Waals surface area (Å²) < 4.78 is 0. The number of rotatable bonds is 5. The third kappa shape index (κ3) is 4.72. The lowest BCUT2D eigenvalue weighted by atomic mass is 10.1. The molecular weight excluding hydrogens is 226 g/mol. The van der Waals surface area contributed by atoms with Gasteiger partial charge in [0.05, 0.1) is 12.6 Å². The normalized spacial score (nSPS) is 12.9. The zero-order chi connectivity index (χ0) is 13.5. The van der Waals surface area contributed by atoms with E-state index >= 15 is 0 Å². The Morgan fingerprint density at radius 3 is 2.44 bits per heavy atom. The van der Waals surface area contributed by atoms with E-state index in [9.17, 15) is 4.79 Å². The molecule has 2 N–H and O–H groups in total. The Kier molecular flexibility index (Phi) is 5.59. The fraction of sp³-hybridized carbons (Fsp3) is 0.400. The zero-order valence-electron chi connectivity index (χ0n) is 11.2. The highest BCUT2D eigenvalue weighted by atomic mass is 16.3. The number of hydrogen-bond acceptors (Lipinski definition) is 2. The van der Waals surface area contributed by atoms with Crippen LogP contribution in [-0.4, -0.2) is 23.7 Å². The maximum atomic E-state index is 11.6. The summed E-state index contributed by atoms with van der Waals surface area (Å²) in [5.41, 5.74) is 2.18. The van der Waals surface area contributed by atoms with E-state index in [0.717, 1.165) is 5.56 Å². The van der Waals surface area contributed by atoms with Crippen molar-refractivity contribution in [2.75, 3.05) is 6.61 Å². The number of carbonyl (C=O) groups excluding carboxylic acids is 1. The van der Waals surface area contributed by atoms with Crippen molar-refractivity contribution >= 4 is 12.0 Å². The van der Waals surface area contributed by atoms with Crippen molar-refractivity contribution in [1.82, 2.24) is 5.32 Å². The molecule has 0 radical (unpaired) electrons. The van der Waals surface area contributed by atoms with E-state index in [0.29, 0.717) is 0 Å². The van der Waals surface area contributed by atoms with E-state index in [-0.39, 0.29) is 24.5 Å². The monoisotopic (exact) mass is 247 g/mol. The maximum absolute atomic E-state index is 11.6. The zero-order valence-corrected chi connectivity index (χ0v) is 11.2. The Morgan fingerprint density at radius 2 is 1.94 bits per heavy atom. The molecule has 1 aromatic carbocycles. The summed E-state index contributed by atoms with van der Waals surface area (Å²) in [6.07, 6.45) is 3.26. The van der Waals surface area contributed by atoms with Crippen molar-refractivity contribution in [3.63, 3.8) is 0 Å². The predicted molar refractivity (Wildman–Crippen MR) is 74.1 cm³/mol. The second-order valence-corrected chi connectivity index (χ2v) is 4.79. The molecule has 18 heavy (non-hydrogen) atoms. The highest BCUT2D eigenvalue weighted by Gasteiger charge is 2.12. The summed E-state index contributed by atoms with van der Waals surface area (Å²) in [6.45, 7) is 5.91. The standard InChI is InChI=1S/C15H21NO2/c1-11(2)14(10-17)16-15(18)9-8-13-6-4-12(3)5-7-13/h4-9,11,14,17H,10H2,1-3H3,(H,16,18)/b9-8+. The van der Waals surface area contributed by atoms with Crippen LogP contribution in [0.15, 0.2) is 30.3 Å². The highest BCUT2D eigenvalue weighted by molar-refractivity contribution is 5.91. The van der Waals surface area contributed by atoms with Gasteiger partial charge < -0.3 is 10.4 Å². The Labute approximate surface area is 109 Å². The van der Waals surface area contributed by atoms with Crippen LogP contribution < -0.4 is 5.32 Å². The highest BCUT2D eigenvalue weighted by Crippen LogP contribution is 2.05. The van der Waals surface area contributed by atoms with Crippen LogP contribution >= 0.6 is 0 Å². The van der Waals surface area contributed by atoms with Gasteiger partial charge in [0.25, 0.3) is 0 Å². The quantitative estimate of drug-likeness (QED) is 0.783. The van der Waals surface area contributed by atoms with E-state index in [2.05, 4.69) is 5.32 Å². The first-order valence-corrected chi connectivity index (χ1v) is 6.19. The van der Waals surface area contributed by atoms with E-state index < -0.39 is 0 Å². The van der Waals surface area contributed by atoms with Crippen LogP contribution in [0.25, 0.3) is 6.08 Å². The minimum atomic E-state index is -0.194. The Balaban J connectivity index is 2.56. The first kappa shape index (κ1) is 14.5. The van der Waals surface area contributed by atoms with E-state index in [1.807, 2.05) is 45.0 Å². The molecule has 98 valence electrons. The molecule has 0 aliphatic heterocycles. The van der Waals surface area contributed by atoms with Gasteiger partial charge in [-0.2, -0.15) is 0 Å². The maximum Gasteiger partial charge on any atom is 0.244 e. The van der Waals surface area contributed by atoms with Crippen LogP contribution in [0.2, 0.25) is 0 Å². The summed E-state index contributed by atoms with van der Waals surface area (Å²) in [5.74, 6) is 0.0371. The number of benzene rings is 1. The molecule has 0 bridgehead atoms. The molecule has 0 saturated carbocycles. The smallest absolute Gasteiger partial charge is 0.244 e. The first-order chi connectivity index (χ1) is 8.52. The van der Waals surface area contributed by atoms with Crippen LogP contribution in [0, 0.1) is 12.8 Å². The number of aliphatic hydroxyl groups is 1. The largest absolute Gasteiger partial charge is 0.394 e. The van der Waals surface area contributed by atoms with E-state index in [1.54, 1.807) is 6.08 Å². The fourth-order valence-corrected chi connectivity index (χ4v) is 1.50. The minimum Gasteiger partial charge on any atom is -0.394 e. The van der Waals surface area contributed by atoms with Crippen LogP contribution in [0.5, 0.6) is 0 Å². The second kappa shape index (κ2) is 6.97. The first-order valence-electron chi connectivity index (χ1n) is 6.19. The SMILES string of the molecule is Cc1ccc(/C=C/C(=O)NC(CO)C(C)C)cc1. The molecule has 0 aromatic heterocycles. The Bertz CT molecular complexity index is 407. The summed E-state index contributed by atoms with van der Waals surface area (Å²) in [7, 11) is 0. The lowest BCUT2D eigenvalue weighted by Gasteiger charge is -2.18. The predicted octanol–water partition coefficient (Wildman–Crippen LogP) is 2.14. The number of carbonyl (C=O) groups is 1. The third-order valence-corrected chi connectivity index (χ3v) is 2.83. The molecule has 0 fully saturated rings. The van der Waals surface area contributed by atoms with Crippen molar-refractivity contribution in [2.45, 2.75) is 26.8 Å². The molecule has 0 heterocycles. The van der Waals surface area contributed by atoms with Gasteiger partial charge in [-0.05, 0) is 24.5 Å². The van der Waals surface area contributed by atoms with Gasteiger partial charge in [-0.15, -0.1) is 0 Å². The second-order valence-electron chi connectivity index (χ2n) is 4.79. The molecule has 1 atom stereocenters. The molecule has 1 rings (SSSR count). The Morgan fingerprint density at radius 1 is 1.33 bits per heavy atom. The minimum absolute atomic E-state index is 0.0399. The van der Waals surface area contributed by atoms with Crippen molar-refractivity contribution in [3.05, 3.63) is 41.5 Å². The molecular formula is C15H21NO2. The van der Waals surface area contributed by atoms with E-state index in [4.69, 9.17) is 5.11 Å². The number of aryl methyl sites for hydroxylation is 1. The molecule has 1 amide bonds. The van der Waals surface area contributed by atoms with E-state index in [1.165, 1.54) is 11.6 Å². The van der Waals surface area contributed by atoms with Crippen LogP contribution in [0.1, 0.15) is 25.0 Å². The average Bonchev–Trinajstić information content (AvgIpc) is 2.35. The van der Waals surface area contributed by atoms with Gasteiger partial charge in [-0.1, -0.05) is 43.7 Å². The van der Waals surface area contributed by atoms with Crippen LogP contribution in [0.4, 0.5) is 0 Å². The van der Waals surface area contributed by atoms with Gasteiger partial charge in [-0.3, -0.25) is 4.79 Å². The molecule has 0 aliphatic carbocycles. The van der Waals surface area contributed by atoms with Crippen LogP contribution in [-0.2, 0) is 4.79 Å². The summed E-state index contributed by atoms with van der Waals surface area (Å²) in [5, 5.41) is 11.9. The number of nitrogens with one attached hydrogen (secondary N) is 1. The van der Waals surface area contributed by atoms with Gasteiger partial charge in [0.15, 0.2) is 0 Å². The van der Waals surface area contributed by atoms with Gasteiger partial charge in [-0.25, -0.2) is 0 Å². The van der Waals surface area contributed by atoms with Crippen molar-refractivity contribution in [1.29, 1.82) is 0 Å². The van der Waals surface area contributed by atoms with Crippen molar-refractivity contribution < 1.29 is 9.90 Å². The lowest BCUT2D eigenvalue weighted by Crippen LogP contribution is -2.40. The number of hydrogen-bond donors (Lipinski definition) is 2. The summed E-state index contributed by atoms with van der Waals surface area (Å²) in [4.78, 5) is 11.6. The van der Waals surface area contributed by atoms with Crippen LogP contribution in [0.3, 0.4) is 0 Å². The number of amides is 1. The van der Waals surface area contributed by atoms with Gasteiger partial charge in [0, 0.05) is 6.08 Å².